The maximum Gasteiger partial charge on any atom is 0.222 e. The highest BCUT2D eigenvalue weighted by Gasteiger charge is 2.26. The van der Waals surface area contributed by atoms with E-state index >= 15 is 0 Å². The number of hydrogen-bond donors (Lipinski definition) is 2. The Balaban J connectivity index is 1.56. The maximum atomic E-state index is 12.3. The number of para-hydroxylation sites is 1. The van der Waals surface area contributed by atoms with Crippen molar-refractivity contribution in [3.05, 3.63) is 29.8 Å². The highest BCUT2D eigenvalue weighted by Crippen LogP contribution is 2.30. The summed E-state index contributed by atoms with van der Waals surface area (Å²) in [5, 5.41) is 13.0. The van der Waals surface area contributed by atoms with Gasteiger partial charge < -0.3 is 15.3 Å². The number of aliphatic hydroxyl groups excluding tert-OH is 1. The number of carbonyl (C=O) groups is 1. The van der Waals surface area contributed by atoms with Crippen LogP contribution in [-0.4, -0.2) is 35.7 Å². The summed E-state index contributed by atoms with van der Waals surface area (Å²) in [6.45, 7) is 2.98. The quantitative estimate of drug-likeness (QED) is 0.898. The Morgan fingerprint density at radius 2 is 2.04 bits per heavy atom. The molecule has 1 aromatic carbocycles. The fourth-order valence-electron chi connectivity index (χ4n) is 3.88. The molecule has 2 N–H and O–H groups in total. The number of rotatable bonds is 4. The van der Waals surface area contributed by atoms with Crippen LogP contribution in [0.4, 0.5) is 5.69 Å². The summed E-state index contributed by atoms with van der Waals surface area (Å²) in [6, 6.07) is 8.92. The van der Waals surface area contributed by atoms with E-state index in [1.54, 1.807) is 0 Å². The molecular weight excluding hydrogens is 288 g/mol. The minimum atomic E-state index is -0.373. The molecule has 0 bridgehead atoms. The van der Waals surface area contributed by atoms with E-state index in [0.29, 0.717) is 12.5 Å². The van der Waals surface area contributed by atoms with Crippen LogP contribution in [0, 0.1) is 0 Å². The molecule has 1 saturated carbocycles. The highest BCUT2D eigenvalue weighted by atomic mass is 16.3. The second-order valence-corrected chi connectivity index (χ2v) is 6.99. The zero-order valence-electron chi connectivity index (χ0n) is 14.0. The molecule has 23 heavy (non-hydrogen) atoms. The van der Waals surface area contributed by atoms with Crippen LogP contribution in [0.2, 0.25) is 0 Å². The first-order chi connectivity index (χ1) is 11.1. The molecule has 0 aromatic heterocycles. The standard InChI is InChI=1S/C19H28N2O2/c1-14-10-11-15-6-2-4-8-17(15)21(14)13-12-19(23)20-16-7-3-5-9-18(16)22/h2,4,6,8,14,16,18,22H,3,5,7,9-13H2,1H3,(H,20,23). The number of nitrogens with zero attached hydrogens (tertiary/aromatic N) is 1. The maximum absolute atomic E-state index is 12.3. The first kappa shape index (κ1) is 16.3. The molecule has 3 rings (SSSR count). The van der Waals surface area contributed by atoms with Crippen molar-refractivity contribution in [3.63, 3.8) is 0 Å². The molecule has 1 fully saturated rings. The lowest BCUT2D eigenvalue weighted by Gasteiger charge is -2.37. The fraction of sp³-hybridized carbons (Fsp3) is 0.632. The zero-order chi connectivity index (χ0) is 16.2. The molecule has 1 aromatic rings. The minimum absolute atomic E-state index is 0.0534. The van der Waals surface area contributed by atoms with E-state index in [0.717, 1.165) is 45.1 Å². The number of aliphatic hydroxyl groups is 1. The average molecular weight is 316 g/mol. The van der Waals surface area contributed by atoms with E-state index < -0.39 is 0 Å². The third-order valence-electron chi connectivity index (χ3n) is 5.32. The summed E-state index contributed by atoms with van der Waals surface area (Å²) in [7, 11) is 0. The molecule has 4 heteroatoms. The van der Waals surface area contributed by atoms with Gasteiger partial charge in [-0.15, -0.1) is 0 Å². The van der Waals surface area contributed by atoms with Crippen LogP contribution in [0.15, 0.2) is 24.3 Å². The third-order valence-corrected chi connectivity index (χ3v) is 5.32. The number of nitrogens with one attached hydrogen (secondary N) is 1. The monoisotopic (exact) mass is 316 g/mol. The predicted octanol–water partition coefficient (Wildman–Crippen LogP) is 2.64. The normalized spacial score (nSPS) is 27.4. The molecule has 1 aliphatic carbocycles. The van der Waals surface area contributed by atoms with Gasteiger partial charge in [-0.2, -0.15) is 0 Å². The third kappa shape index (κ3) is 3.86. The zero-order valence-corrected chi connectivity index (χ0v) is 14.0. The van der Waals surface area contributed by atoms with Crippen LogP contribution in [0.5, 0.6) is 0 Å². The van der Waals surface area contributed by atoms with Gasteiger partial charge in [-0.3, -0.25) is 4.79 Å². The molecule has 3 atom stereocenters. The van der Waals surface area contributed by atoms with Gasteiger partial charge in [-0.1, -0.05) is 31.0 Å². The molecule has 1 heterocycles. The van der Waals surface area contributed by atoms with Crippen LogP contribution >= 0.6 is 0 Å². The van der Waals surface area contributed by atoms with Gasteiger partial charge in [-0.05, 0) is 44.2 Å². The van der Waals surface area contributed by atoms with Gasteiger partial charge in [0.25, 0.3) is 0 Å². The SMILES string of the molecule is CC1CCc2ccccc2N1CCC(=O)NC1CCCCC1O. The Bertz CT molecular complexity index is 546. The van der Waals surface area contributed by atoms with Gasteiger partial charge in [0.05, 0.1) is 12.1 Å². The summed E-state index contributed by atoms with van der Waals surface area (Å²) in [5.74, 6) is 0.0613. The molecule has 0 spiro atoms. The van der Waals surface area contributed by atoms with E-state index in [2.05, 4.69) is 41.4 Å². The second kappa shape index (κ2) is 7.35. The van der Waals surface area contributed by atoms with Gasteiger partial charge in [0.1, 0.15) is 0 Å². The number of carbonyl (C=O) groups excluding carboxylic acids is 1. The lowest BCUT2D eigenvalue weighted by Crippen LogP contribution is -2.46. The number of hydrogen-bond acceptors (Lipinski definition) is 3. The summed E-state index contributed by atoms with van der Waals surface area (Å²) in [6.07, 6.45) is 6.24. The molecule has 4 nitrogen and oxygen atoms in total. The van der Waals surface area contributed by atoms with E-state index in [-0.39, 0.29) is 18.1 Å². The van der Waals surface area contributed by atoms with Gasteiger partial charge in [0.2, 0.25) is 5.91 Å². The first-order valence-electron chi connectivity index (χ1n) is 8.97. The van der Waals surface area contributed by atoms with Crippen molar-refractivity contribution in [1.29, 1.82) is 0 Å². The van der Waals surface area contributed by atoms with Gasteiger partial charge in [-0.25, -0.2) is 0 Å². The van der Waals surface area contributed by atoms with Crippen LogP contribution < -0.4 is 10.2 Å². The van der Waals surface area contributed by atoms with Crippen molar-refractivity contribution >= 4 is 11.6 Å². The van der Waals surface area contributed by atoms with Crippen molar-refractivity contribution in [2.75, 3.05) is 11.4 Å². The molecule has 0 saturated heterocycles. The Morgan fingerprint density at radius 1 is 1.26 bits per heavy atom. The van der Waals surface area contributed by atoms with E-state index in [1.807, 2.05) is 0 Å². The van der Waals surface area contributed by atoms with Gasteiger partial charge in [0.15, 0.2) is 0 Å². The van der Waals surface area contributed by atoms with Crippen LogP contribution in [-0.2, 0) is 11.2 Å². The lowest BCUT2D eigenvalue weighted by atomic mass is 9.92. The molecule has 2 aliphatic rings. The van der Waals surface area contributed by atoms with Crippen molar-refractivity contribution in [2.24, 2.45) is 0 Å². The Kier molecular flexibility index (Phi) is 5.21. The second-order valence-electron chi connectivity index (χ2n) is 6.99. The fourth-order valence-corrected chi connectivity index (χ4v) is 3.88. The van der Waals surface area contributed by atoms with Crippen molar-refractivity contribution < 1.29 is 9.90 Å². The van der Waals surface area contributed by atoms with Crippen LogP contribution in [0.25, 0.3) is 0 Å². The number of anilines is 1. The number of benzene rings is 1. The Labute approximate surface area is 138 Å². The number of fused-ring (bicyclic) bond motifs is 1. The van der Waals surface area contributed by atoms with Gasteiger partial charge >= 0.3 is 0 Å². The van der Waals surface area contributed by atoms with E-state index in [1.165, 1.54) is 11.3 Å². The highest BCUT2D eigenvalue weighted by molar-refractivity contribution is 5.77. The summed E-state index contributed by atoms with van der Waals surface area (Å²) in [4.78, 5) is 14.6. The Hall–Kier alpha value is -1.55. The average Bonchev–Trinajstić information content (AvgIpc) is 2.56. The molecule has 0 radical (unpaired) electrons. The molecule has 1 amide bonds. The smallest absolute Gasteiger partial charge is 0.222 e. The largest absolute Gasteiger partial charge is 0.391 e. The van der Waals surface area contributed by atoms with Crippen molar-refractivity contribution in [3.8, 4) is 0 Å². The van der Waals surface area contributed by atoms with E-state index in [4.69, 9.17) is 0 Å². The van der Waals surface area contributed by atoms with Crippen LogP contribution in [0.1, 0.15) is 51.0 Å². The number of aryl methyl sites for hydroxylation is 1. The summed E-state index contributed by atoms with van der Waals surface area (Å²) in [5.41, 5.74) is 2.66. The van der Waals surface area contributed by atoms with Gasteiger partial charge in [0, 0.05) is 24.7 Å². The van der Waals surface area contributed by atoms with Crippen molar-refractivity contribution in [2.45, 2.75) is 70.1 Å². The predicted molar refractivity (Wildman–Crippen MR) is 92.6 cm³/mol. The molecule has 3 unspecified atom stereocenters. The topological polar surface area (TPSA) is 52.6 Å². The minimum Gasteiger partial charge on any atom is -0.391 e. The van der Waals surface area contributed by atoms with Crippen LogP contribution in [0.3, 0.4) is 0 Å². The van der Waals surface area contributed by atoms with E-state index in [9.17, 15) is 9.90 Å². The molecule has 126 valence electrons. The van der Waals surface area contributed by atoms with Crippen molar-refractivity contribution in [1.82, 2.24) is 5.32 Å². The summed E-state index contributed by atoms with van der Waals surface area (Å²) >= 11 is 0. The molecule has 1 aliphatic heterocycles. The molecular formula is C19H28N2O2. The lowest BCUT2D eigenvalue weighted by molar-refractivity contribution is -0.122. The summed E-state index contributed by atoms with van der Waals surface area (Å²) < 4.78 is 0. The number of amides is 1. The first-order valence-corrected chi connectivity index (χ1v) is 8.97. The Morgan fingerprint density at radius 3 is 2.87 bits per heavy atom.